The van der Waals surface area contributed by atoms with Crippen molar-refractivity contribution in [3.8, 4) is 17.3 Å². The van der Waals surface area contributed by atoms with E-state index in [1.54, 1.807) is 12.3 Å². The van der Waals surface area contributed by atoms with Crippen molar-refractivity contribution in [1.29, 1.82) is 5.26 Å². The fourth-order valence-electron chi connectivity index (χ4n) is 1.40. The summed E-state index contributed by atoms with van der Waals surface area (Å²) in [6, 6.07) is 7.49. The summed E-state index contributed by atoms with van der Waals surface area (Å²) in [5.41, 5.74) is 2.01. The third-order valence-electron chi connectivity index (χ3n) is 2.19. The van der Waals surface area contributed by atoms with Gasteiger partial charge in [-0.2, -0.15) is 5.26 Å². The lowest BCUT2D eigenvalue weighted by molar-refractivity contribution is 1.02. The van der Waals surface area contributed by atoms with Crippen molar-refractivity contribution < 1.29 is 0 Å². The van der Waals surface area contributed by atoms with Gasteiger partial charge in [0.15, 0.2) is 0 Å². The predicted molar refractivity (Wildman–Crippen MR) is 64.1 cm³/mol. The Morgan fingerprint density at radius 1 is 1.29 bits per heavy atom. The van der Waals surface area contributed by atoms with Crippen molar-refractivity contribution in [2.45, 2.75) is 6.92 Å². The summed E-state index contributed by atoms with van der Waals surface area (Å²) in [6.45, 7) is 2.80. The zero-order chi connectivity index (χ0) is 12.1. The molecule has 0 bridgehead atoms. The molecule has 17 heavy (non-hydrogen) atoms. The molecule has 0 unspecified atom stereocenters. The van der Waals surface area contributed by atoms with Gasteiger partial charge in [-0.3, -0.25) is 4.98 Å². The highest BCUT2D eigenvalue weighted by molar-refractivity contribution is 5.60. The lowest BCUT2D eigenvalue weighted by Gasteiger charge is -2.02. The summed E-state index contributed by atoms with van der Waals surface area (Å²) < 4.78 is 0. The molecule has 2 aromatic heterocycles. The molecule has 2 rings (SSSR count). The Kier molecular flexibility index (Phi) is 3.26. The molecule has 0 amide bonds. The first kappa shape index (κ1) is 11.0. The molecule has 0 aliphatic rings. The number of nitriles is 1. The zero-order valence-electron chi connectivity index (χ0n) is 9.38. The number of nitrogens with one attached hydrogen (secondary N) is 1. The average Bonchev–Trinajstić information content (AvgIpc) is 2.40. The third kappa shape index (κ3) is 2.55. The summed E-state index contributed by atoms with van der Waals surface area (Å²) >= 11 is 0. The topological polar surface area (TPSA) is 74.5 Å². The summed E-state index contributed by atoms with van der Waals surface area (Å²) in [7, 11) is 0. The second-order valence-electron chi connectivity index (χ2n) is 3.41. The molecule has 0 radical (unpaired) electrons. The van der Waals surface area contributed by atoms with Gasteiger partial charge in [-0.25, -0.2) is 0 Å². The molecule has 2 heterocycles. The van der Waals surface area contributed by atoms with Crippen LogP contribution >= 0.6 is 0 Å². The molecule has 0 saturated carbocycles. The molecular formula is C12H11N5. The van der Waals surface area contributed by atoms with Crippen molar-refractivity contribution in [1.82, 2.24) is 15.2 Å². The number of anilines is 1. The quantitative estimate of drug-likeness (QED) is 0.862. The molecule has 0 aliphatic carbocycles. The Hall–Kier alpha value is -2.48. The maximum absolute atomic E-state index is 8.79. The number of nitrogens with zero attached hydrogens (tertiary/aromatic N) is 4. The van der Waals surface area contributed by atoms with Crippen LogP contribution in [0.25, 0.3) is 11.3 Å². The predicted octanol–water partition coefficient (Wildman–Crippen LogP) is 1.84. The van der Waals surface area contributed by atoms with Gasteiger partial charge in [0.2, 0.25) is 0 Å². The summed E-state index contributed by atoms with van der Waals surface area (Å²) in [5, 5.41) is 20.0. The summed E-state index contributed by atoms with van der Waals surface area (Å²) in [4.78, 5) is 3.98. The van der Waals surface area contributed by atoms with Crippen LogP contribution in [0.1, 0.15) is 12.5 Å². The smallest absolute Gasteiger partial charge is 0.148 e. The van der Waals surface area contributed by atoms with Crippen LogP contribution < -0.4 is 5.32 Å². The minimum Gasteiger partial charge on any atom is -0.369 e. The van der Waals surface area contributed by atoms with Crippen LogP contribution in [0.15, 0.2) is 30.6 Å². The second kappa shape index (κ2) is 5.03. The van der Waals surface area contributed by atoms with E-state index in [0.717, 1.165) is 17.9 Å². The summed E-state index contributed by atoms with van der Waals surface area (Å²) in [5.74, 6) is 0.737. The van der Waals surface area contributed by atoms with Crippen LogP contribution in [0.3, 0.4) is 0 Å². The largest absolute Gasteiger partial charge is 0.369 e. The Balaban J connectivity index is 2.30. The van der Waals surface area contributed by atoms with Crippen LogP contribution in [0.5, 0.6) is 0 Å². The standard InChI is InChI=1S/C12H11N5/c1-2-15-12-4-3-11(16-17-12)10-5-9(6-13)7-14-8-10/h3-5,7-8H,2H2,1H3,(H,15,17). The van der Waals surface area contributed by atoms with Crippen LogP contribution in [0.4, 0.5) is 5.82 Å². The van der Waals surface area contributed by atoms with Crippen molar-refractivity contribution >= 4 is 5.82 Å². The molecule has 0 atom stereocenters. The first-order valence-electron chi connectivity index (χ1n) is 5.26. The van der Waals surface area contributed by atoms with E-state index in [1.165, 1.54) is 6.20 Å². The molecule has 0 spiro atoms. The molecule has 5 nitrogen and oxygen atoms in total. The molecule has 1 N–H and O–H groups in total. The van der Waals surface area contributed by atoms with E-state index >= 15 is 0 Å². The average molecular weight is 225 g/mol. The first-order valence-corrected chi connectivity index (χ1v) is 5.26. The maximum Gasteiger partial charge on any atom is 0.148 e. The molecular weight excluding hydrogens is 214 g/mol. The van der Waals surface area contributed by atoms with E-state index in [4.69, 9.17) is 5.26 Å². The fourth-order valence-corrected chi connectivity index (χ4v) is 1.40. The maximum atomic E-state index is 8.79. The monoisotopic (exact) mass is 225 g/mol. The number of hydrogen-bond donors (Lipinski definition) is 1. The molecule has 84 valence electrons. The van der Waals surface area contributed by atoms with Crippen molar-refractivity contribution in [2.75, 3.05) is 11.9 Å². The Morgan fingerprint density at radius 3 is 2.82 bits per heavy atom. The van der Waals surface area contributed by atoms with Gasteiger partial charge in [-0.1, -0.05) is 0 Å². The molecule has 0 saturated heterocycles. The highest BCUT2D eigenvalue weighted by atomic mass is 15.2. The highest BCUT2D eigenvalue weighted by Gasteiger charge is 2.02. The van der Waals surface area contributed by atoms with E-state index in [-0.39, 0.29) is 0 Å². The third-order valence-corrected chi connectivity index (χ3v) is 2.19. The molecule has 2 aromatic rings. The number of hydrogen-bond acceptors (Lipinski definition) is 5. The van der Waals surface area contributed by atoms with Crippen LogP contribution in [-0.2, 0) is 0 Å². The van der Waals surface area contributed by atoms with Gasteiger partial charge in [-0.15, -0.1) is 10.2 Å². The van der Waals surface area contributed by atoms with Crippen LogP contribution in [0.2, 0.25) is 0 Å². The second-order valence-corrected chi connectivity index (χ2v) is 3.41. The first-order chi connectivity index (χ1) is 8.33. The lowest BCUT2D eigenvalue weighted by Crippen LogP contribution is -2.00. The minimum absolute atomic E-state index is 0.514. The van der Waals surface area contributed by atoms with Crippen molar-refractivity contribution in [3.05, 3.63) is 36.2 Å². The lowest BCUT2D eigenvalue weighted by atomic mass is 10.1. The van der Waals surface area contributed by atoms with E-state index in [1.807, 2.05) is 25.1 Å². The van der Waals surface area contributed by atoms with E-state index < -0.39 is 0 Å². The van der Waals surface area contributed by atoms with Gasteiger partial charge in [0, 0.05) is 24.5 Å². The van der Waals surface area contributed by atoms with Gasteiger partial charge in [0.1, 0.15) is 11.9 Å². The van der Waals surface area contributed by atoms with E-state index in [9.17, 15) is 0 Å². The normalized spacial score (nSPS) is 9.65. The van der Waals surface area contributed by atoms with Crippen molar-refractivity contribution in [2.24, 2.45) is 0 Å². The number of pyridine rings is 1. The van der Waals surface area contributed by atoms with E-state index in [2.05, 4.69) is 20.5 Å². The Labute approximate surface area is 99.2 Å². The van der Waals surface area contributed by atoms with Crippen LogP contribution in [0, 0.1) is 11.3 Å². The van der Waals surface area contributed by atoms with Gasteiger partial charge in [0.25, 0.3) is 0 Å². The minimum atomic E-state index is 0.514. The van der Waals surface area contributed by atoms with Gasteiger partial charge >= 0.3 is 0 Å². The Bertz CT molecular complexity index is 542. The molecule has 0 aromatic carbocycles. The molecule has 5 heteroatoms. The Morgan fingerprint density at radius 2 is 2.18 bits per heavy atom. The van der Waals surface area contributed by atoms with Gasteiger partial charge < -0.3 is 5.32 Å². The number of rotatable bonds is 3. The summed E-state index contributed by atoms with van der Waals surface area (Å²) in [6.07, 6.45) is 3.18. The fraction of sp³-hybridized carbons (Fsp3) is 0.167. The van der Waals surface area contributed by atoms with Gasteiger partial charge in [-0.05, 0) is 25.1 Å². The SMILES string of the molecule is CCNc1ccc(-c2cncc(C#N)c2)nn1. The van der Waals surface area contributed by atoms with Gasteiger partial charge in [0.05, 0.1) is 11.3 Å². The van der Waals surface area contributed by atoms with Crippen molar-refractivity contribution in [3.63, 3.8) is 0 Å². The highest BCUT2D eigenvalue weighted by Crippen LogP contribution is 2.16. The number of aromatic nitrogens is 3. The molecule has 0 fully saturated rings. The zero-order valence-corrected chi connectivity index (χ0v) is 9.38. The molecule has 0 aliphatic heterocycles. The van der Waals surface area contributed by atoms with E-state index in [0.29, 0.717) is 11.3 Å². The van der Waals surface area contributed by atoms with Crippen LogP contribution in [-0.4, -0.2) is 21.7 Å².